The molecule has 7 heteroatoms. The lowest BCUT2D eigenvalue weighted by Crippen LogP contribution is -2.40. The average Bonchev–Trinajstić information content (AvgIpc) is 2.82. The molecule has 0 fully saturated rings. The first-order chi connectivity index (χ1) is 15.5. The molecule has 0 saturated heterocycles. The molecule has 3 aromatic rings. The van der Waals surface area contributed by atoms with Gasteiger partial charge >= 0.3 is 0 Å². The van der Waals surface area contributed by atoms with Crippen LogP contribution in [0.15, 0.2) is 78.9 Å². The summed E-state index contributed by atoms with van der Waals surface area (Å²) in [5.41, 5.74) is 2.49. The van der Waals surface area contributed by atoms with E-state index in [0.29, 0.717) is 34.9 Å². The third-order valence-corrected chi connectivity index (χ3v) is 5.08. The Labute approximate surface area is 192 Å². The van der Waals surface area contributed by atoms with Crippen LogP contribution in [0, 0.1) is 0 Å². The molecule has 0 aliphatic carbocycles. The standard InChI is InChI=1S/C25H24ClN3O3/c1-2-29(17-23(30)27-16-18-8-12-21(26)13-9-18)25(32)20-10-14-22(15-11-20)28-24(31)19-6-4-3-5-7-19/h3-15H,2,16-17H2,1H3,(H,27,30)(H,28,31). The molecule has 0 unspecified atom stereocenters. The van der Waals surface area contributed by atoms with E-state index in [-0.39, 0.29) is 24.3 Å². The van der Waals surface area contributed by atoms with E-state index < -0.39 is 0 Å². The number of carbonyl (C=O) groups excluding carboxylic acids is 3. The zero-order chi connectivity index (χ0) is 22.9. The third kappa shape index (κ3) is 6.43. The van der Waals surface area contributed by atoms with E-state index in [4.69, 9.17) is 11.6 Å². The van der Waals surface area contributed by atoms with Crippen LogP contribution in [-0.4, -0.2) is 35.7 Å². The van der Waals surface area contributed by atoms with Crippen molar-refractivity contribution in [3.05, 3.63) is 101 Å². The van der Waals surface area contributed by atoms with Crippen LogP contribution in [0.25, 0.3) is 0 Å². The number of hydrogen-bond donors (Lipinski definition) is 2. The maximum Gasteiger partial charge on any atom is 0.255 e. The first-order valence-corrected chi connectivity index (χ1v) is 10.6. The lowest BCUT2D eigenvalue weighted by atomic mass is 10.1. The second-order valence-corrected chi connectivity index (χ2v) is 7.56. The van der Waals surface area contributed by atoms with E-state index >= 15 is 0 Å². The fraction of sp³-hybridized carbons (Fsp3) is 0.160. The normalized spacial score (nSPS) is 10.3. The summed E-state index contributed by atoms with van der Waals surface area (Å²) in [4.78, 5) is 38.9. The Kier molecular flexibility index (Phi) is 8.00. The van der Waals surface area contributed by atoms with Crippen LogP contribution in [0.5, 0.6) is 0 Å². The Hall–Kier alpha value is -3.64. The number of anilines is 1. The van der Waals surface area contributed by atoms with E-state index in [1.165, 1.54) is 4.90 Å². The Balaban J connectivity index is 1.55. The number of hydrogen-bond acceptors (Lipinski definition) is 3. The lowest BCUT2D eigenvalue weighted by Gasteiger charge is -2.20. The highest BCUT2D eigenvalue weighted by molar-refractivity contribution is 6.30. The van der Waals surface area contributed by atoms with Gasteiger partial charge < -0.3 is 15.5 Å². The molecule has 0 saturated carbocycles. The summed E-state index contributed by atoms with van der Waals surface area (Å²) in [5, 5.41) is 6.24. The molecule has 0 heterocycles. The zero-order valence-corrected chi connectivity index (χ0v) is 18.4. The molecule has 3 rings (SSSR count). The maximum atomic E-state index is 12.8. The van der Waals surface area contributed by atoms with Crippen LogP contribution in [0.4, 0.5) is 5.69 Å². The molecule has 2 N–H and O–H groups in total. The van der Waals surface area contributed by atoms with Gasteiger partial charge in [-0.2, -0.15) is 0 Å². The highest BCUT2D eigenvalue weighted by Crippen LogP contribution is 2.14. The van der Waals surface area contributed by atoms with Crippen LogP contribution in [-0.2, 0) is 11.3 Å². The monoisotopic (exact) mass is 449 g/mol. The molecule has 0 bridgehead atoms. The number of nitrogens with zero attached hydrogens (tertiary/aromatic N) is 1. The summed E-state index contributed by atoms with van der Waals surface area (Å²) in [6.07, 6.45) is 0. The highest BCUT2D eigenvalue weighted by Gasteiger charge is 2.17. The Morgan fingerprint density at radius 1 is 0.844 bits per heavy atom. The van der Waals surface area contributed by atoms with Crippen molar-refractivity contribution < 1.29 is 14.4 Å². The number of halogens is 1. The first-order valence-electron chi connectivity index (χ1n) is 10.2. The predicted octanol–water partition coefficient (Wildman–Crippen LogP) is 4.37. The lowest BCUT2D eigenvalue weighted by molar-refractivity contribution is -0.121. The van der Waals surface area contributed by atoms with E-state index in [1.54, 1.807) is 60.7 Å². The Morgan fingerprint density at radius 2 is 1.50 bits per heavy atom. The second-order valence-electron chi connectivity index (χ2n) is 7.12. The Bertz CT molecular complexity index is 1070. The maximum absolute atomic E-state index is 12.8. The molecular formula is C25H24ClN3O3. The van der Waals surface area contributed by atoms with Crippen molar-refractivity contribution in [3.8, 4) is 0 Å². The van der Waals surface area contributed by atoms with Crippen LogP contribution in [0.2, 0.25) is 5.02 Å². The van der Waals surface area contributed by atoms with Gasteiger partial charge in [0.15, 0.2) is 0 Å². The van der Waals surface area contributed by atoms with Crippen molar-refractivity contribution in [2.24, 2.45) is 0 Å². The third-order valence-electron chi connectivity index (χ3n) is 4.83. The molecule has 0 aliphatic heterocycles. The van der Waals surface area contributed by atoms with Crippen molar-refractivity contribution in [2.75, 3.05) is 18.4 Å². The Morgan fingerprint density at radius 3 is 2.12 bits per heavy atom. The first kappa shape index (κ1) is 23.0. The number of carbonyl (C=O) groups is 3. The fourth-order valence-corrected chi connectivity index (χ4v) is 3.16. The smallest absolute Gasteiger partial charge is 0.255 e. The van der Waals surface area contributed by atoms with E-state index in [2.05, 4.69) is 10.6 Å². The molecule has 0 atom stereocenters. The SMILES string of the molecule is CCN(CC(=O)NCc1ccc(Cl)cc1)C(=O)c1ccc(NC(=O)c2ccccc2)cc1. The van der Waals surface area contributed by atoms with Gasteiger partial charge in [0.2, 0.25) is 5.91 Å². The van der Waals surface area contributed by atoms with Gasteiger partial charge in [0, 0.05) is 34.9 Å². The molecule has 6 nitrogen and oxygen atoms in total. The van der Waals surface area contributed by atoms with Gasteiger partial charge in [-0.25, -0.2) is 0 Å². The summed E-state index contributed by atoms with van der Waals surface area (Å²) in [7, 11) is 0. The number of rotatable bonds is 8. The van der Waals surface area contributed by atoms with Crippen LogP contribution in [0.1, 0.15) is 33.2 Å². The van der Waals surface area contributed by atoms with Crippen molar-refractivity contribution >= 4 is 35.0 Å². The van der Waals surface area contributed by atoms with Gasteiger partial charge in [0.05, 0.1) is 6.54 Å². The molecule has 3 amide bonds. The molecule has 32 heavy (non-hydrogen) atoms. The summed E-state index contributed by atoms with van der Waals surface area (Å²) in [6, 6.07) is 22.7. The number of amides is 3. The fourth-order valence-electron chi connectivity index (χ4n) is 3.03. The van der Waals surface area contributed by atoms with Gasteiger partial charge in [0.1, 0.15) is 0 Å². The highest BCUT2D eigenvalue weighted by atomic mass is 35.5. The van der Waals surface area contributed by atoms with Crippen LogP contribution in [0.3, 0.4) is 0 Å². The van der Waals surface area contributed by atoms with Gasteiger partial charge in [-0.05, 0) is 61.0 Å². The van der Waals surface area contributed by atoms with Gasteiger partial charge in [-0.3, -0.25) is 14.4 Å². The minimum atomic E-state index is -0.255. The molecule has 164 valence electrons. The molecular weight excluding hydrogens is 426 g/mol. The molecule has 0 spiro atoms. The van der Waals surface area contributed by atoms with E-state index in [1.807, 2.05) is 25.1 Å². The second kappa shape index (κ2) is 11.1. The van der Waals surface area contributed by atoms with Gasteiger partial charge in [-0.15, -0.1) is 0 Å². The number of likely N-dealkylation sites (N-methyl/N-ethyl adjacent to an activating group) is 1. The summed E-state index contributed by atoms with van der Waals surface area (Å²) in [5.74, 6) is -0.728. The summed E-state index contributed by atoms with van der Waals surface area (Å²) >= 11 is 5.87. The van der Waals surface area contributed by atoms with Crippen LogP contribution >= 0.6 is 11.6 Å². The van der Waals surface area contributed by atoms with Crippen molar-refractivity contribution in [3.63, 3.8) is 0 Å². The minimum Gasteiger partial charge on any atom is -0.350 e. The molecule has 0 aliphatic rings. The van der Waals surface area contributed by atoms with E-state index in [9.17, 15) is 14.4 Å². The van der Waals surface area contributed by atoms with Crippen molar-refractivity contribution in [1.82, 2.24) is 10.2 Å². The van der Waals surface area contributed by atoms with Gasteiger partial charge in [-0.1, -0.05) is 41.9 Å². The number of benzene rings is 3. The molecule has 0 aromatic heterocycles. The van der Waals surface area contributed by atoms with Crippen molar-refractivity contribution in [1.29, 1.82) is 0 Å². The number of nitrogens with one attached hydrogen (secondary N) is 2. The van der Waals surface area contributed by atoms with Crippen LogP contribution < -0.4 is 10.6 Å². The largest absolute Gasteiger partial charge is 0.350 e. The quantitative estimate of drug-likeness (QED) is 0.536. The predicted molar refractivity (Wildman–Crippen MR) is 126 cm³/mol. The van der Waals surface area contributed by atoms with Gasteiger partial charge in [0.25, 0.3) is 11.8 Å². The topological polar surface area (TPSA) is 78.5 Å². The zero-order valence-electron chi connectivity index (χ0n) is 17.7. The summed E-state index contributed by atoms with van der Waals surface area (Å²) < 4.78 is 0. The molecule has 0 radical (unpaired) electrons. The van der Waals surface area contributed by atoms with Crippen molar-refractivity contribution in [2.45, 2.75) is 13.5 Å². The minimum absolute atomic E-state index is 0.0462. The average molecular weight is 450 g/mol. The summed E-state index contributed by atoms with van der Waals surface area (Å²) in [6.45, 7) is 2.52. The van der Waals surface area contributed by atoms with E-state index in [0.717, 1.165) is 5.56 Å². The molecule has 3 aromatic carbocycles.